The predicted molar refractivity (Wildman–Crippen MR) is 65.9 cm³/mol. The summed E-state index contributed by atoms with van der Waals surface area (Å²) in [5.74, 6) is 0.262. The molecule has 19 heavy (non-hydrogen) atoms. The maximum absolute atomic E-state index is 12.6. The SMILES string of the molecule is CC1(C)CC(Nc2cccc(C(F)(F)F)n2)CCO1. The average Bonchev–Trinajstić information content (AvgIpc) is 2.26. The number of nitrogens with zero attached hydrogens (tertiary/aromatic N) is 1. The first-order valence-corrected chi connectivity index (χ1v) is 6.21. The molecule has 0 aliphatic carbocycles. The van der Waals surface area contributed by atoms with Crippen molar-refractivity contribution < 1.29 is 17.9 Å². The van der Waals surface area contributed by atoms with E-state index in [9.17, 15) is 13.2 Å². The first kappa shape index (κ1) is 14.1. The van der Waals surface area contributed by atoms with Crippen molar-refractivity contribution in [2.75, 3.05) is 11.9 Å². The van der Waals surface area contributed by atoms with Crippen LogP contribution in [0, 0.1) is 0 Å². The van der Waals surface area contributed by atoms with Crippen molar-refractivity contribution in [1.29, 1.82) is 0 Å². The average molecular weight is 274 g/mol. The van der Waals surface area contributed by atoms with E-state index in [1.165, 1.54) is 6.07 Å². The van der Waals surface area contributed by atoms with Crippen LogP contribution in [-0.4, -0.2) is 23.2 Å². The van der Waals surface area contributed by atoms with Crippen molar-refractivity contribution in [3.05, 3.63) is 23.9 Å². The molecular formula is C13H17F3N2O. The van der Waals surface area contributed by atoms with E-state index in [0.717, 1.165) is 18.9 Å². The Labute approximate surface area is 110 Å². The lowest BCUT2D eigenvalue weighted by Crippen LogP contribution is -2.40. The van der Waals surface area contributed by atoms with Crippen LogP contribution in [0.3, 0.4) is 0 Å². The molecule has 0 bridgehead atoms. The summed E-state index contributed by atoms with van der Waals surface area (Å²) in [5, 5.41) is 3.06. The summed E-state index contributed by atoms with van der Waals surface area (Å²) in [6.07, 6.45) is -2.90. The molecule has 0 amide bonds. The van der Waals surface area contributed by atoms with E-state index in [4.69, 9.17) is 4.74 Å². The zero-order valence-corrected chi connectivity index (χ0v) is 10.9. The maximum atomic E-state index is 12.6. The number of hydrogen-bond acceptors (Lipinski definition) is 3. The number of aromatic nitrogens is 1. The molecule has 1 atom stereocenters. The largest absolute Gasteiger partial charge is 0.433 e. The number of pyridine rings is 1. The number of rotatable bonds is 2. The van der Waals surface area contributed by atoms with E-state index in [1.54, 1.807) is 6.07 Å². The third-order valence-electron chi connectivity index (χ3n) is 3.09. The van der Waals surface area contributed by atoms with Crippen molar-refractivity contribution >= 4 is 5.82 Å². The Morgan fingerprint density at radius 1 is 1.37 bits per heavy atom. The van der Waals surface area contributed by atoms with Gasteiger partial charge in [0.15, 0.2) is 0 Å². The van der Waals surface area contributed by atoms with Gasteiger partial charge in [-0.15, -0.1) is 0 Å². The molecule has 106 valence electrons. The second-order valence-corrected chi connectivity index (χ2v) is 5.35. The molecular weight excluding hydrogens is 257 g/mol. The Morgan fingerprint density at radius 2 is 2.11 bits per heavy atom. The van der Waals surface area contributed by atoms with Crippen molar-refractivity contribution in [1.82, 2.24) is 4.98 Å². The maximum Gasteiger partial charge on any atom is 0.433 e. The summed E-state index contributed by atoms with van der Waals surface area (Å²) in [7, 11) is 0. The summed E-state index contributed by atoms with van der Waals surface area (Å²) in [4.78, 5) is 3.61. The molecule has 1 aromatic heterocycles. The summed E-state index contributed by atoms with van der Waals surface area (Å²) in [5.41, 5.74) is -1.12. The standard InChI is InChI=1S/C13H17F3N2O/c1-12(2)8-9(6-7-19-12)17-11-5-3-4-10(18-11)13(14,15)16/h3-5,9H,6-8H2,1-2H3,(H,17,18). The van der Waals surface area contributed by atoms with E-state index in [2.05, 4.69) is 10.3 Å². The van der Waals surface area contributed by atoms with E-state index in [0.29, 0.717) is 6.61 Å². The predicted octanol–water partition coefficient (Wildman–Crippen LogP) is 3.47. The molecule has 2 heterocycles. The van der Waals surface area contributed by atoms with Gasteiger partial charge >= 0.3 is 6.18 Å². The van der Waals surface area contributed by atoms with Crippen LogP contribution >= 0.6 is 0 Å². The van der Waals surface area contributed by atoms with Gasteiger partial charge in [0.25, 0.3) is 0 Å². The number of anilines is 1. The molecule has 2 rings (SSSR count). The summed E-state index contributed by atoms with van der Waals surface area (Å²) >= 11 is 0. The fourth-order valence-corrected chi connectivity index (χ4v) is 2.24. The zero-order chi connectivity index (χ0) is 14.1. The fraction of sp³-hybridized carbons (Fsp3) is 0.615. The molecule has 0 spiro atoms. The van der Waals surface area contributed by atoms with Crippen LogP contribution in [0.2, 0.25) is 0 Å². The normalized spacial score (nSPS) is 23.1. The van der Waals surface area contributed by atoms with Crippen LogP contribution < -0.4 is 5.32 Å². The van der Waals surface area contributed by atoms with Crippen LogP contribution in [0.5, 0.6) is 0 Å². The van der Waals surface area contributed by atoms with Crippen molar-refractivity contribution in [3.63, 3.8) is 0 Å². The summed E-state index contributed by atoms with van der Waals surface area (Å²) in [6.45, 7) is 4.55. The quantitative estimate of drug-likeness (QED) is 0.896. The Morgan fingerprint density at radius 3 is 2.74 bits per heavy atom. The Kier molecular flexibility index (Phi) is 3.71. The summed E-state index contributed by atoms with van der Waals surface area (Å²) in [6, 6.07) is 3.97. The molecule has 1 aromatic rings. The lowest BCUT2D eigenvalue weighted by molar-refractivity contribution is -0.141. The molecule has 1 aliphatic heterocycles. The Balaban J connectivity index is 2.07. The number of alkyl halides is 3. The lowest BCUT2D eigenvalue weighted by Gasteiger charge is -2.36. The highest BCUT2D eigenvalue weighted by molar-refractivity contribution is 5.37. The van der Waals surface area contributed by atoms with Crippen LogP contribution in [0.4, 0.5) is 19.0 Å². The van der Waals surface area contributed by atoms with Crippen LogP contribution in [-0.2, 0) is 10.9 Å². The van der Waals surface area contributed by atoms with Crippen LogP contribution in [0.1, 0.15) is 32.4 Å². The number of nitrogens with one attached hydrogen (secondary N) is 1. The van der Waals surface area contributed by atoms with E-state index in [-0.39, 0.29) is 17.5 Å². The van der Waals surface area contributed by atoms with Gasteiger partial charge in [0.05, 0.1) is 5.60 Å². The highest BCUT2D eigenvalue weighted by Crippen LogP contribution is 2.29. The van der Waals surface area contributed by atoms with Gasteiger partial charge in [-0.1, -0.05) is 6.07 Å². The molecule has 1 fully saturated rings. The van der Waals surface area contributed by atoms with Crippen molar-refractivity contribution in [2.24, 2.45) is 0 Å². The van der Waals surface area contributed by atoms with E-state index in [1.807, 2.05) is 13.8 Å². The molecule has 1 saturated heterocycles. The van der Waals surface area contributed by atoms with Gasteiger partial charge in [0.1, 0.15) is 11.5 Å². The monoisotopic (exact) mass is 274 g/mol. The first-order chi connectivity index (χ1) is 8.76. The molecule has 1 unspecified atom stereocenters. The van der Waals surface area contributed by atoms with Gasteiger partial charge in [0.2, 0.25) is 0 Å². The minimum atomic E-state index is -4.41. The molecule has 3 nitrogen and oxygen atoms in total. The minimum absolute atomic E-state index is 0.0831. The van der Waals surface area contributed by atoms with E-state index >= 15 is 0 Å². The molecule has 6 heteroatoms. The Bertz CT molecular complexity index is 446. The molecule has 0 aromatic carbocycles. The van der Waals surface area contributed by atoms with Crippen LogP contribution in [0.25, 0.3) is 0 Å². The van der Waals surface area contributed by atoms with Gasteiger partial charge in [0, 0.05) is 12.6 Å². The zero-order valence-electron chi connectivity index (χ0n) is 10.9. The summed E-state index contributed by atoms with van der Waals surface area (Å²) < 4.78 is 43.2. The van der Waals surface area contributed by atoms with E-state index < -0.39 is 11.9 Å². The number of hydrogen-bond donors (Lipinski definition) is 1. The second kappa shape index (κ2) is 5.00. The van der Waals surface area contributed by atoms with Gasteiger partial charge in [-0.2, -0.15) is 13.2 Å². The fourth-order valence-electron chi connectivity index (χ4n) is 2.24. The molecule has 0 saturated carbocycles. The lowest BCUT2D eigenvalue weighted by atomic mass is 9.94. The molecule has 1 aliphatic rings. The third-order valence-corrected chi connectivity index (χ3v) is 3.09. The molecule has 1 N–H and O–H groups in total. The minimum Gasteiger partial charge on any atom is -0.375 e. The molecule has 0 radical (unpaired) electrons. The van der Waals surface area contributed by atoms with Gasteiger partial charge in [-0.25, -0.2) is 4.98 Å². The highest BCUT2D eigenvalue weighted by atomic mass is 19.4. The highest BCUT2D eigenvalue weighted by Gasteiger charge is 2.33. The van der Waals surface area contributed by atoms with Gasteiger partial charge < -0.3 is 10.1 Å². The topological polar surface area (TPSA) is 34.2 Å². The van der Waals surface area contributed by atoms with Gasteiger partial charge in [-0.3, -0.25) is 0 Å². The van der Waals surface area contributed by atoms with Crippen LogP contribution in [0.15, 0.2) is 18.2 Å². The number of ether oxygens (including phenoxy) is 1. The van der Waals surface area contributed by atoms with Gasteiger partial charge in [-0.05, 0) is 38.8 Å². The number of halogens is 3. The Hall–Kier alpha value is -1.30. The third kappa shape index (κ3) is 3.83. The van der Waals surface area contributed by atoms with Crippen molar-refractivity contribution in [2.45, 2.75) is 44.5 Å². The first-order valence-electron chi connectivity index (χ1n) is 6.21. The second-order valence-electron chi connectivity index (χ2n) is 5.35. The smallest absolute Gasteiger partial charge is 0.375 e. The van der Waals surface area contributed by atoms with Crippen molar-refractivity contribution in [3.8, 4) is 0 Å².